The first-order valence-corrected chi connectivity index (χ1v) is 10.9. The topological polar surface area (TPSA) is 55.8 Å². The molecule has 0 unspecified atom stereocenters. The summed E-state index contributed by atoms with van der Waals surface area (Å²) in [5.41, 5.74) is 1.97. The summed E-state index contributed by atoms with van der Waals surface area (Å²) in [4.78, 5) is 31.0. The Morgan fingerprint density at radius 3 is 2.23 bits per heavy atom. The first-order chi connectivity index (χ1) is 14.5. The van der Waals surface area contributed by atoms with Crippen molar-refractivity contribution in [2.45, 2.75) is 13.3 Å². The molecule has 0 aliphatic carbocycles. The third-order valence-corrected chi connectivity index (χ3v) is 6.09. The number of amides is 1. The number of carbonyl (C=O) groups is 1. The van der Waals surface area contributed by atoms with E-state index in [4.69, 9.17) is 16.6 Å². The van der Waals surface area contributed by atoms with Gasteiger partial charge in [-0.05, 0) is 31.7 Å². The van der Waals surface area contributed by atoms with Crippen molar-refractivity contribution in [2.24, 2.45) is 0 Å². The molecule has 2 fully saturated rings. The largest absolute Gasteiger partial charge is 0.354 e. The number of anilines is 2. The molecule has 0 atom stereocenters. The summed E-state index contributed by atoms with van der Waals surface area (Å²) in [5.74, 6) is 1.93. The molecule has 2 aliphatic rings. The number of hydrogen-bond donors (Lipinski definition) is 0. The quantitative estimate of drug-likeness (QED) is 0.743. The fourth-order valence-electron chi connectivity index (χ4n) is 3.92. The molecule has 2 saturated heterocycles. The van der Waals surface area contributed by atoms with Gasteiger partial charge in [-0.2, -0.15) is 4.98 Å². The Bertz CT molecular complexity index is 874. The molecule has 3 heterocycles. The summed E-state index contributed by atoms with van der Waals surface area (Å²) < 4.78 is 0. The molecular formula is C22H29ClN6O. The number of rotatable bonds is 4. The van der Waals surface area contributed by atoms with Crippen molar-refractivity contribution in [1.82, 2.24) is 19.8 Å². The Labute approximate surface area is 183 Å². The molecule has 1 aromatic heterocycles. The maximum Gasteiger partial charge on any atom is 0.227 e. The lowest BCUT2D eigenvalue weighted by Gasteiger charge is -2.36. The lowest BCUT2D eigenvalue weighted by Crippen LogP contribution is -2.50. The molecule has 1 amide bonds. The highest BCUT2D eigenvalue weighted by Crippen LogP contribution is 2.20. The highest BCUT2D eigenvalue weighted by atomic mass is 35.5. The molecule has 0 spiro atoms. The number of halogens is 1. The van der Waals surface area contributed by atoms with Crippen molar-refractivity contribution in [3.05, 3.63) is 46.6 Å². The van der Waals surface area contributed by atoms with Gasteiger partial charge < -0.3 is 19.6 Å². The normalized spacial score (nSPS) is 18.0. The fourth-order valence-corrected chi connectivity index (χ4v) is 4.05. The van der Waals surface area contributed by atoms with Gasteiger partial charge in [0, 0.05) is 69.1 Å². The van der Waals surface area contributed by atoms with Crippen molar-refractivity contribution in [3.63, 3.8) is 0 Å². The molecule has 0 saturated carbocycles. The number of piperazine rings is 2. The van der Waals surface area contributed by atoms with E-state index in [0.717, 1.165) is 62.3 Å². The van der Waals surface area contributed by atoms with E-state index in [1.54, 1.807) is 0 Å². The van der Waals surface area contributed by atoms with Crippen molar-refractivity contribution < 1.29 is 4.79 Å². The van der Waals surface area contributed by atoms with Gasteiger partial charge in [-0.15, -0.1) is 0 Å². The molecule has 0 N–H and O–H groups in total. The molecular weight excluding hydrogens is 400 g/mol. The Morgan fingerprint density at radius 2 is 1.57 bits per heavy atom. The second-order valence-electron chi connectivity index (χ2n) is 8.13. The van der Waals surface area contributed by atoms with E-state index in [-0.39, 0.29) is 5.91 Å². The number of hydrogen-bond acceptors (Lipinski definition) is 6. The zero-order chi connectivity index (χ0) is 21.1. The molecule has 7 nitrogen and oxygen atoms in total. The standard InChI is InChI=1S/C22H29ClN6O/c1-17-15-20(27-9-7-26(2)8-10-27)25-22(24-17)29-13-11-28(12-14-29)21(30)16-18-3-5-19(23)6-4-18/h3-6,15H,7-14,16H2,1-2H3. The maximum atomic E-state index is 12.7. The van der Waals surface area contributed by atoms with Gasteiger partial charge in [0.25, 0.3) is 0 Å². The van der Waals surface area contributed by atoms with Gasteiger partial charge in [0.1, 0.15) is 5.82 Å². The molecule has 2 aliphatic heterocycles. The van der Waals surface area contributed by atoms with E-state index in [1.807, 2.05) is 36.1 Å². The van der Waals surface area contributed by atoms with Crippen LogP contribution in [0.15, 0.2) is 30.3 Å². The summed E-state index contributed by atoms with van der Waals surface area (Å²) in [7, 11) is 2.15. The third-order valence-electron chi connectivity index (χ3n) is 5.84. The molecule has 0 radical (unpaired) electrons. The maximum absolute atomic E-state index is 12.7. The van der Waals surface area contributed by atoms with Crippen LogP contribution >= 0.6 is 11.6 Å². The van der Waals surface area contributed by atoms with Crippen LogP contribution in [0.5, 0.6) is 0 Å². The van der Waals surface area contributed by atoms with E-state index >= 15 is 0 Å². The molecule has 0 bridgehead atoms. The van der Waals surface area contributed by atoms with Crippen molar-refractivity contribution in [2.75, 3.05) is 69.2 Å². The number of benzene rings is 1. The highest BCUT2D eigenvalue weighted by Gasteiger charge is 2.24. The van der Waals surface area contributed by atoms with E-state index in [2.05, 4.69) is 32.8 Å². The van der Waals surface area contributed by atoms with Gasteiger partial charge in [0.05, 0.1) is 6.42 Å². The van der Waals surface area contributed by atoms with Gasteiger partial charge >= 0.3 is 0 Å². The Morgan fingerprint density at radius 1 is 0.933 bits per heavy atom. The zero-order valence-electron chi connectivity index (χ0n) is 17.7. The van der Waals surface area contributed by atoms with E-state index < -0.39 is 0 Å². The Balaban J connectivity index is 1.36. The molecule has 8 heteroatoms. The van der Waals surface area contributed by atoms with Crippen LogP contribution in [-0.2, 0) is 11.2 Å². The number of carbonyl (C=O) groups excluding carboxylic acids is 1. The lowest BCUT2D eigenvalue weighted by atomic mass is 10.1. The minimum Gasteiger partial charge on any atom is -0.354 e. The number of aryl methyl sites for hydroxylation is 1. The number of nitrogens with zero attached hydrogens (tertiary/aromatic N) is 6. The van der Waals surface area contributed by atoms with Crippen LogP contribution in [0.3, 0.4) is 0 Å². The Kier molecular flexibility index (Phi) is 6.39. The van der Waals surface area contributed by atoms with E-state index in [0.29, 0.717) is 24.5 Å². The minimum atomic E-state index is 0.153. The van der Waals surface area contributed by atoms with E-state index in [9.17, 15) is 4.79 Å². The molecule has 30 heavy (non-hydrogen) atoms. The predicted molar refractivity (Wildman–Crippen MR) is 120 cm³/mol. The highest BCUT2D eigenvalue weighted by molar-refractivity contribution is 6.30. The van der Waals surface area contributed by atoms with Crippen LogP contribution in [0.1, 0.15) is 11.3 Å². The lowest BCUT2D eigenvalue weighted by molar-refractivity contribution is -0.130. The van der Waals surface area contributed by atoms with Crippen LogP contribution in [0.4, 0.5) is 11.8 Å². The second-order valence-corrected chi connectivity index (χ2v) is 8.57. The average Bonchev–Trinajstić information content (AvgIpc) is 2.75. The summed E-state index contributed by atoms with van der Waals surface area (Å²) in [6, 6.07) is 9.55. The monoisotopic (exact) mass is 428 g/mol. The van der Waals surface area contributed by atoms with Crippen molar-refractivity contribution in [1.29, 1.82) is 0 Å². The van der Waals surface area contributed by atoms with Crippen molar-refractivity contribution in [3.8, 4) is 0 Å². The van der Waals surface area contributed by atoms with Crippen molar-refractivity contribution >= 4 is 29.3 Å². The number of likely N-dealkylation sites (N-methyl/N-ethyl adjacent to an activating group) is 1. The summed E-state index contributed by atoms with van der Waals surface area (Å²) in [6.45, 7) is 8.96. The van der Waals surface area contributed by atoms with Gasteiger partial charge in [0.15, 0.2) is 0 Å². The smallest absolute Gasteiger partial charge is 0.227 e. The molecule has 4 rings (SSSR count). The minimum absolute atomic E-state index is 0.153. The van der Waals surface area contributed by atoms with E-state index in [1.165, 1.54) is 0 Å². The fraction of sp³-hybridized carbons (Fsp3) is 0.500. The third kappa shape index (κ3) is 5.02. The second kappa shape index (κ2) is 9.18. The predicted octanol–water partition coefficient (Wildman–Crippen LogP) is 2.08. The zero-order valence-corrected chi connectivity index (χ0v) is 18.5. The van der Waals surface area contributed by atoms with Crippen LogP contribution in [0.25, 0.3) is 0 Å². The van der Waals surface area contributed by atoms with Gasteiger partial charge in [-0.25, -0.2) is 4.98 Å². The SMILES string of the molecule is Cc1cc(N2CCN(C)CC2)nc(N2CCN(C(=O)Cc3ccc(Cl)cc3)CC2)n1. The number of aromatic nitrogens is 2. The van der Waals surface area contributed by atoms with Gasteiger partial charge in [-0.1, -0.05) is 23.7 Å². The summed E-state index contributed by atoms with van der Waals surface area (Å²) >= 11 is 5.93. The van der Waals surface area contributed by atoms with Crippen LogP contribution in [0, 0.1) is 6.92 Å². The Hall–Kier alpha value is -2.38. The molecule has 160 valence electrons. The van der Waals surface area contributed by atoms with Gasteiger partial charge in [-0.3, -0.25) is 4.79 Å². The van der Waals surface area contributed by atoms with Crippen LogP contribution in [0.2, 0.25) is 5.02 Å². The van der Waals surface area contributed by atoms with Crippen LogP contribution < -0.4 is 9.80 Å². The molecule has 1 aromatic carbocycles. The first-order valence-electron chi connectivity index (χ1n) is 10.5. The first kappa shape index (κ1) is 20.9. The summed E-state index contributed by atoms with van der Waals surface area (Å²) in [6.07, 6.45) is 0.408. The van der Waals surface area contributed by atoms with Gasteiger partial charge in [0.2, 0.25) is 11.9 Å². The van der Waals surface area contributed by atoms with Crippen LogP contribution in [-0.4, -0.2) is 85.1 Å². The molecule has 2 aromatic rings. The average molecular weight is 429 g/mol. The summed E-state index contributed by atoms with van der Waals surface area (Å²) in [5, 5.41) is 0.689.